The van der Waals surface area contributed by atoms with Gasteiger partial charge >= 0.3 is 0 Å². The molecule has 0 amide bonds. The third-order valence-electron chi connectivity index (χ3n) is 11.5. The van der Waals surface area contributed by atoms with Gasteiger partial charge in [-0.15, -0.1) is 11.8 Å². The van der Waals surface area contributed by atoms with Crippen molar-refractivity contribution in [3.8, 4) is 11.1 Å². The highest BCUT2D eigenvalue weighted by Crippen LogP contribution is 2.59. The molecule has 248 valence electrons. The summed E-state index contributed by atoms with van der Waals surface area (Å²) in [7, 11) is 0. The van der Waals surface area contributed by atoms with Crippen LogP contribution >= 0.6 is 11.8 Å². The summed E-state index contributed by atoms with van der Waals surface area (Å²) in [6.07, 6.45) is 18.3. The molecule has 0 spiro atoms. The summed E-state index contributed by atoms with van der Waals surface area (Å²) in [5, 5.41) is 2.69. The summed E-state index contributed by atoms with van der Waals surface area (Å²) in [6.45, 7) is 0. The second-order valence-corrected chi connectivity index (χ2v) is 15.4. The molecule has 0 saturated carbocycles. The molecule has 3 heteroatoms. The van der Waals surface area contributed by atoms with E-state index in [9.17, 15) is 0 Å². The standard InChI is InChI=1S/C49H35NOS/c1-3-15-32(16-4-1)49(40-23-10-7-19-35(40)36-20-8-11-24-41(36)49)42-25-13-22-38-37-30-29-34(31-44(37)51-48(38)42)50(33-17-5-2-6-18-33)43-26-14-28-46-47(43)39-21-9-12-27-45(39)52-46/h2-3,5-31,39,45H,1,4H2. The van der Waals surface area contributed by atoms with Gasteiger partial charge in [-0.25, -0.2) is 0 Å². The number of hydrogen-bond acceptors (Lipinski definition) is 3. The lowest BCUT2D eigenvalue weighted by atomic mass is 9.66. The molecule has 2 nitrogen and oxygen atoms in total. The highest BCUT2D eigenvalue weighted by molar-refractivity contribution is 8.00. The lowest BCUT2D eigenvalue weighted by Gasteiger charge is -2.35. The Morgan fingerprint density at radius 2 is 1.38 bits per heavy atom. The minimum absolute atomic E-state index is 0.335. The monoisotopic (exact) mass is 685 g/mol. The quantitative estimate of drug-likeness (QED) is 0.179. The minimum atomic E-state index is -0.489. The Balaban J connectivity index is 1.14. The molecule has 1 aromatic heterocycles. The molecule has 3 aliphatic carbocycles. The van der Waals surface area contributed by atoms with Crippen molar-refractivity contribution in [3.05, 3.63) is 204 Å². The fourth-order valence-corrected chi connectivity index (χ4v) is 10.7. The summed E-state index contributed by atoms with van der Waals surface area (Å²) in [5.41, 5.74) is 13.9. The maximum atomic E-state index is 7.18. The van der Waals surface area contributed by atoms with Crippen LogP contribution in [0.2, 0.25) is 0 Å². The summed E-state index contributed by atoms with van der Waals surface area (Å²) in [5.74, 6) is 0.335. The van der Waals surface area contributed by atoms with E-state index in [4.69, 9.17) is 4.42 Å². The Kier molecular flexibility index (Phi) is 6.69. The molecule has 0 N–H and O–H groups in total. The Morgan fingerprint density at radius 3 is 2.19 bits per heavy atom. The second kappa shape index (κ2) is 11.6. The first kappa shape index (κ1) is 29.9. The van der Waals surface area contributed by atoms with Crippen LogP contribution in [-0.2, 0) is 5.41 Å². The zero-order chi connectivity index (χ0) is 34.2. The van der Waals surface area contributed by atoms with E-state index in [1.165, 1.54) is 49.5 Å². The van der Waals surface area contributed by atoms with Gasteiger partial charge in [0.05, 0.1) is 11.1 Å². The van der Waals surface area contributed by atoms with E-state index >= 15 is 0 Å². The number of fused-ring (bicyclic) bond motifs is 9. The van der Waals surface area contributed by atoms with E-state index in [-0.39, 0.29) is 0 Å². The van der Waals surface area contributed by atoms with E-state index in [0.717, 1.165) is 46.2 Å². The molecule has 1 aliphatic heterocycles. The molecule has 0 radical (unpaired) electrons. The molecule has 0 bridgehead atoms. The van der Waals surface area contributed by atoms with Crippen molar-refractivity contribution in [2.75, 3.05) is 4.90 Å². The number of nitrogens with zero attached hydrogens (tertiary/aromatic N) is 1. The number of furan rings is 1. The fourth-order valence-electron chi connectivity index (χ4n) is 9.38. The maximum Gasteiger partial charge on any atom is 0.140 e. The zero-order valence-electron chi connectivity index (χ0n) is 28.6. The molecule has 2 atom stereocenters. The lowest BCUT2D eigenvalue weighted by molar-refractivity contribution is 0.646. The molecular formula is C49H35NOS. The summed E-state index contributed by atoms with van der Waals surface area (Å²) < 4.78 is 7.18. The van der Waals surface area contributed by atoms with Crippen LogP contribution in [0, 0.1) is 0 Å². The van der Waals surface area contributed by atoms with E-state index < -0.39 is 5.41 Å². The summed E-state index contributed by atoms with van der Waals surface area (Å²) in [6, 6.07) is 49.0. The van der Waals surface area contributed by atoms with Crippen molar-refractivity contribution in [3.63, 3.8) is 0 Å². The van der Waals surface area contributed by atoms with Gasteiger partial charge in [0.2, 0.25) is 0 Å². The van der Waals surface area contributed by atoms with Crippen molar-refractivity contribution in [1.82, 2.24) is 0 Å². The molecule has 2 heterocycles. The van der Waals surface area contributed by atoms with Gasteiger partial charge in [-0.1, -0.05) is 134 Å². The van der Waals surface area contributed by atoms with Crippen LogP contribution in [-0.4, -0.2) is 5.25 Å². The Bertz CT molecular complexity index is 2650. The number of thioether (sulfide) groups is 1. The predicted octanol–water partition coefficient (Wildman–Crippen LogP) is 13.3. The highest BCUT2D eigenvalue weighted by atomic mass is 32.2. The van der Waals surface area contributed by atoms with Crippen LogP contribution in [0.15, 0.2) is 191 Å². The molecular weight excluding hydrogens is 651 g/mol. The molecule has 0 fully saturated rings. The number of anilines is 3. The predicted molar refractivity (Wildman–Crippen MR) is 217 cm³/mol. The Hall–Kier alpha value is -5.77. The number of para-hydroxylation sites is 2. The second-order valence-electron chi connectivity index (χ2n) is 14.2. The van der Waals surface area contributed by atoms with Crippen molar-refractivity contribution in [1.29, 1.82) is 0 Å². The van der Waals surface area contributed by atoms with Gasteiger partial charge < -0.3 is 9.32 Å². The Morgan fingerprint density at radius 1 is 0.635 bits per heavy atom. The van der Waals surface area contributed by atoms with Gasteiger partial charge in [0.25, 0.3) is 0 Å². The first-order valence-electron chi connectivity index (χ1n) is 18.3. The average Bonchev–Trinajstić information content (AvgIpc) is 3.87. The summed E-state index contributed by atoms with van der Waals surface area (Å²) >= 11 is 1.97. The van der Waals surface area contributed by atoms with Crippen molar-refractivity contribution >= 4 is 50.8 Å². The van der Waals surface area contributed by atoms with Gasteiger partial charge in [-0.3, -0.25) is 0 Å². The first-order chi connectivity index (χ1) is 25.8. The van der Waals surface area contributed by atoms with Crippen LogP contribution in [0.5, 0.6) is 0 Å². The van der Waals surface area contributed by atoms with Crippen LogP contribution in [0.4, 0.5) is 17.1 Å². The van der Waals surface area contributed by atoms with Gasteiger partial charge in [-0.2, -0.15) is 0 Å². The molecule has 11 rings (SSSR count). The average molecular weight is 686 g/mol. The van der Waals surface area contributed by atoms with Crippen molar-refractivity contribution in [2.24, 2.45) is 0 Å². The molecule has 0 saturated heterocycles. The first-order valence-corrected chi connectivity index (χ1v) is 19.2. The molecule has 4 aliphatic rings. The SMILES string of the molecule is C1=CC2Sc3cccc(N(c4ccccc4)c4ccc5c(c4)oc4c(C6(C7=CCCC=C7)c7ccccc7-c7ccccc76)cccc45)c3C2C=C1. The van der Waals surface area contributed by atoms with E-state index in [2.05, 4.69) is 181 Å². The van der Waals surface area contributed by atoms with Crippen LogP contribution in [0.1, 0.15) is 41.0 Å². The maximum absolute atomic E-state index is 7.18. The fraction of sp³-hybridized carbons (Fsp3) is 0.102. The van der Waals surface area contributed by atoms with Gasteiger partial charge in [-0.05, 0) is 82.6 Å². The third-order valence-corrected chi connectivity index (χ3v) is 12.8. The molecule has 7 aromatic rings. The number of hydrogen-bond donors (Lipinski definition) is 0. The molecule has 2 unspecified atom stereocenters. The summed E-state index contributed by atoms with van der Waals surface area (Å²) in [4.78, 5) is 3.77. The third kappa shape index (κ3) is 4.20. The van der Waals surface area contributed by atoms with Crippen molar-refractivity contribution < 1.29 is 4.42 Å². The van der Waals surface area contributed by atoms with Crippen LogP contribution < -0.4 is 4.90 Å². The molecule has 6 aromatic carbocycles. The Labute approximate surface area is 308 Å². The van der Waals surface area contributed by atoms with E-state index in [1.54, 1.807) is 0 Å². The van der Waals surface area contributed by atoms with Crippen LogP contribution in [0.25, 0.3) is 33.1 Å². The van der Waals surface area contributed by atoms with E-state index in [1.807, 2.05) is 11.8 Å². The number of rotatable bonds is 5. The number of benzene rings is 6. The smallest absolute Gasteiger partial charge is 0.140 e. The van der Waals surface area contributed by atoms with Crippen molar-refractivity contribution in [2.45, 2.75) is 34.3 Å². The van der Waals surface area contributed by atoms with E-state index in [0.29, 0.717) is 11.2 Å². The number of allylic oxidation sites excluding steroid dienone is 7. The van der Waals surface area contributed by atoms with Gasteiger partial charge in [0.1, 0.15) is 11.2 Å². The topological polar surface area (TPSA) is 16.4 Å². The lowest BCUT2D eigenvalue weighted by Crippen LogP contribution is -2.29. The largest absolute Gasteiger partial charge is 0.456 e. The zero-order valence-corrected chi connectivity index (χ0v) is 29.4. The van der Waals surface area contributed by atoms with Crippen LogP contribution in [0.3, 0.4) is 0 Å². The van der Waals surface area contributed by atoms with Gasteiger partial charge in [0.15, 0.2) is 0 Å². The molecule has 52 heavy (non-hydrogen) atoms. The normalized spacial score (nSPS) is 19.0. The van der Waals surface area contributed by atoms with Gasteiger partial charge in [0, 0.05) is 49.8 Å². The minimum Gasteiger partial charge on any atom is -0.456 e. The highest BCUT2D eigenvalue weighted by Gasteiger charge is 2.48.